The van der Waals surface area contributed by atoms with Crippen LogP contribution in [0.5, 0.6) is 0 Å². The summed E-state index contributed by atoms with van der Waals surface area (Å²) in [5.41, 5.74) is 3.69. The maximum absolute atomic E-state index is 10.9. The van der Waals surface area contributed by atoms with Crippen molar-refractivity contribution in [2.75, 3.05) is 13.1 Å². The van der Waals surface area contributed by atoms with Crippen LogP contribution in [-0.4, -0.2) is 40.3 Å². The highest BCUT2D eigenvalue weighted by atomic mass is 16.4. The van der Waals surface area contributed by atoms with Gasteiger partial charge in [-0.3, -0.25) is 9.69 Å². The first-order valence-electron chi connectivity index (χ1n) is 6.66. The van der Waals surface area contributed by atoms with Crippen molar-refractivity contribution < 1.29 is 15.0 Å². The van der Waals surface area contributed by atoms with Crippen LogP contribution in [0.15, 0.2) is 18.2 Å². The Bertz CT molecular complexity index is 452. The van der Waals surface area contributed by atoms with Gasteiger partial charge in [-0.2, -0.15) is 0 Å². The number of aliphatic hydroxyl groups excluding tert-OH is 1. The van der Waals surface area contributed by atoms with Crippen LogP contribution >= 0.6 is 0 Å². The molecule has 1 aliphatic heterocycles. The minimum Gasteiger partial charge on any atom is -0.481 e. The lowest BCUT2D eigenvalue weighted by Crippen LogP contribution is -2.46. The van der Waals surface area contributed by atoms with E-state index in [2.05, 4.69) is 36.9 Å². The summed E-state index contributed by atoms with van der Waals surface area (Å²) < 4.78 is 0. The monoisotopic (exact) mass is 263 g/mol. The van der Waals surface area contributed by atoms with E-state index in [4.69, 9.17) is 5.11 Å². The number of carboxylic acids is 1. The Hall–Kier alpha value is -1.39. The smallest absolute Gasteiger partial charge is 0.309 e. The Balaban J connectivity index is 1.99. The fourth-order valence-electron chi connectivity index (χ4n) is 2.85. The van der Waals surface area contributed by atoms with E-state index >= 15 is 0 Å². The first kappa shape index (κ1) is 14.0. The van der Waals surface area contributed by atoms with Crippen molar-refractivity contribution in [2.24, 2.45) is 5.92 Å². The van der Waals surface area contributed by atoms with Gasteiger partial charge in [0.1, 0.15) is 0 Å². The van der Waals surface area contributed by atoms with Crippen LogP contribution in [0.25, 0.3) is 0 Å². The first-order valence-corrected chi connectivity index (χ1v) is 6.66. The number of β-amino-alcohol motifs (C(OH)–C–C–N with tert-alkyl or cyclic N) is 1. The number of aliphatic hydroxyl groups is 1. The van der Waals surface area contributed by atoms with Crippen LogP contribution in [0, 0.1) is 19.8 Å². The predicted molar refractivity (Wildman–Crippen MR) is 72.9 cm³/mol. The number of nitrogens with zero attached hydrogens (tertiary/aromatic N) is 1. The molecule has 2 rings (SSSR count). The molecule has 1 aromatic carbocycles. The largest absolute Gasteiger partial charge is 0.481 e. The van der Waals surface area contributed by atoms with Gasteiger partial charge in [0.15, 0.2) is 0 Å². The fraction of sp³-hybridized carbons (Fsp3) is 0.533. The van der Waals surface area contributed by atoms with Gasteiger partial charge in [-0.05, 0) is 32.4 Å². The number of aliphatic carboxylic acids is 1. The van der Waals surface area contributed by atoms with Crippen molar-refractivity contribution in [3.05, 3.63) is 34.9 Å². The van der Waals surface area contributed by atoms with E-state index in [1.807, 2.05) is 0 Å². The summed E-state index contributed by atoms with van der Waals surface area (Å²) in [6.07, 6.45) is -0.251. The second-order valence-electron chi connectivity index (χ2n) is 5.53. The summed E-state index contributed by atoms with van der Waals surface area (Å²) in [5.74, 6) is -1.51. The highest BCUT2D eigenvalue weighted by Crippen LogP contribution is 2.20. The van der Waals surface area contributed by atoms with Crippen LogP contribution in [0.2, 0.25) is 0 Å². The molecule has 0 amide bonds. The molecule has 1 saturated heterocycles. The molecule has 0 bridgehead atoms. The molecule has 19 heavy (non-hydrogen) atoms. The van der Waals surface area contributed by atoms with Gasteiger partial charge in [0.25, 0.3) is 0 Å². The molecule has 1 aliphatic rings. The van der Waals surface area contributed by atoms with E-state index in [0.29, 0.717) is 13.0 Å². The average Bonchev–Trinajstić information content (AvgIpc) is 2.26. The van der Waals surface area contributed by atoms with Crippen molar-refractivity contribution in [3.8, 4) is 0 Å². The highest BCUT2D eigenvalue weighted by molar-refractivity contribution is 5.70. The van der Waals surface area contributed by atoms with E-state index in [0.717, 1.165) is 13.1 Å². The molecule has 4 heteroatoms. The van der Waals surface area contributed by atoms with Gasteiger partial charge in [0, 0.05) is 13.1 Å². The van der Waals surface area contributed by atoms with Crippen LogP contribution < -0.4 is 0 Å². The summed E-state index contributed by atoms with van der Waals surface area (Å²) in [6, 6.07) is 6.42. The molecular weight excluding hydrogens is 242 g/mol. The van der Waals surface area contributed by atoms with Crippen LogP contribution in [0.1, 0.15) is 23.1 Å². The Kier molecular flexibility index (Phi) is 4.22. The number of piperidine rings is 1. The van der Waals surface area contributed by atoms with Crippen molar-refractivity contribution in [1.29, 1.82) is 0 Å². The van der Waals surface area contributed by atoms with E-state index in [9.17, 15) is 9.90 Å². The molecule has 0 saturated carbocycles. The number of likely N-dealkylation sites (tertiary alicyclic amines) is 1. The average molecular weight is 263 g/mol. The zero-order valence-corrected chi connectivity index (χ0v) is 11.5. The molecule has 0 aliphatic carbocycles. The van der Waals surface area contributed by atoms with Crippen molar-refractivity contribution in [1.82, 2.24) is 4.90 Å². The third-order valence-electron chi connectivity index (χ3n) is 3.67. The summed E-state index contributed by atoms with van der Waals surface area (Å²) in [6.45, 7) is 6.07. The number of aryl methyl sites for hydroxylation is 2. The second kappa shape index (κ2) is 5.72. The molecule has 2 atom stereocenters. The SMILES string of the molecule is Cc1cc(C)cc(CN2CC[C@H](C(=O)O)[C@H](O)C2)c1. The normalized spacial score (nSPS) is 24.4. The molecule has 0 radical (unpaired) electrons. The van der Waals surface area contributed by atoms with Crippen LogP contribution in [0.3, 0.4) is 0 Å². The number of hydrogen-bond acceptors (Lipinski definition) is 3. The molecule has 4 nitrogen and oxygen atoms in total. The number of hydrogen-bond donors (Lipinski definition) is 2. The summed E-state index contributed by atoms with van der Waals surface area (Å²) >= 11 is 0. The van der Waals surface area contributed by atoms with Gasteiger partial charge >= 0.3 is 5.97 Å². The third kappa shape index (κ3) is 3.55. The molecule has 0 aromatic heterocycles. The predicted octanol–water partition coefficient (Wildman–Crippen LogP) is 1.57. The van der Waals surface area contributed by atoms with Gasteiger partial charge in [0.05, 0.1) is 12.0 Å². The first-order chi connectivity index (χ1) is 8.95. The van der Waals surface area contributed by atoms with Gasteiger partial charge in [-0.25, -0.2) is 0 Å². The Morgan fingerprint density at radius 3 is 2.47 bits per heavy atom. The van der Waals surface area contributed by atoms with Gasteiger partial charge < -0.3 is 10.2 Å². The Morgan fingerprint density at radius 2 is 1.95 bits per heavy atom. The summed E-state index contributed by atoms with van der Waals surface area (Å²) in [4.78, 5) is 13.1. The van der Waals surface area contributed by atoms with Gasteiger partial charge in [-0.15, -0.1) is 0 Å². The number of carbonyl (C=O) groups is 1. The van der Waals surface area contributed by atoms with E-state index < -0.39 is 18.0 Å². The van der Waals surface area contributed by atoms with E-state index in [-0.39, 0.29) is 0 Å². The number of rotatable bonds is 3. The van der Waals surface area contributed by atoms with E-state index in [1.165, 1.54) is 16.7 Å². The third-order valence-corrected chi connectivity index (χ3v) is 3.67. The molecule has 1 aromatic rings. The molecular formula is C15H21NO3. The van der Waals surface area contributed by atoms with Gasteiger partial charge in [0.2, 0.25) is 0 Å². The molecule has 1 heterocycles. The maximum Gasteiger partial charge on any atom is 0.309 e. The minimum absolute atomic E-state index is 0.434. The second-order valence-corrected chi connectivity index (χ2v) is 5.53. The zero-order chi connectivity index (χ0) is 14.0. The van der Waals surface area contributed by atoms with E-state index in [1.54, 1.807) is 0 Å². The molecule has 104 valence electrons. The lowest BCUT2D eigenvalue weighted by molar-refractivity contribution is -0.148. The summed E-state index contributed by atoms with van der Waals surface area (Å²) in [7, 11) is 0. The topological polar surface area (TPSA) is 60.8 Å². The lowest BCUT2D eigenvalue weighted by Gasteiger charge is -2.34. The fourth-order valence-corrected chi connectivity index (χ4v) is 2.85. The van der Waals surface area contributed by atoms with Crippen molar-refractivity contribution >= 4 is 5.97 Å². The molecule has 2 N–H and O–H groups in total. The summed E-state index contributed by atoms with van der Waals surface area (Å²) in [5, 5.41) is 18.9. The maximum atomic E-state index is 10.9. The Labute approximate surface area is 113 Å². The Morgan fingerprint density at radius 1 is 1.32 bits per heavy atom. The van der Waals surface area contributed by atoms with Crippen LogP contribution in [-0.2, 0) is 11.3 Å². The van der Waals surface area contributed by atoms with Crippen LogP contribution in [0.4, 0.5) is 0 Å². The minimum atomic E-state index is -0.890. The number of carboxylic acid groups (broad SMARTS) is 1. The molecule has 0 spiro atoms. The standard InChI is InChI=1S/C15H21NO3/c1-10-5-11(2)7-12(6-10)8-16-4-3-13(15(18)19)14(17)9-16/h5-7,13-14,17H,3-4,8-9H2,1-2H3,(H,18,19)/t13-,14+/m0/s1. The van der Waals surface area contributed by atoms with Gasteiger partial charge in [-0.1, -0.05) is 29.3 Å². The lowest BCUT2D eigenvalue weighted by atomic mass is 9.93. The van der Waals surface area contributed by atoms with Crippen molar-refractivity contribution in [3.63, 3.8) is 0 Å². The number of benzene rings is 1. The highest BCUT2D eigenvalue weighted by Gasteiger charge is 2.32. The van der Waals surface area contributed by atoms with Crippen molar-refractivity contribution in [2.45, 2.75) is 32.9 Å². The molecule has 1 fully saturated rings. The molecule has 0 unspecified atom stereocenters. The quantitative estimate of drug-likeness (QED) is 0.869. The zero-order valence-electron chi connectivity index (χ0n) is 11.5.